The summed E-state index contributed by atoms with van der Waals surface area (Å²) in [6.45, 7) is 1.81. The normalized spacial score (nSPS) is 12.0. The lowest BCUT2D eigenvalue weighted by Gasteiger charge is -2.14. The first-order chi connectivity index (χ1) is 17.8. The minimum absolute atomic E-state index is 0.222. The zero-order valence-corrected chi connectivity index (χ0v) is 21.5. The number of halogens is 1. The summed E-state index contributed by atoms with van der Waals surface area (Å²) < 4.78 is 23.8. The van der Waals surface area contributed by atoms with Gasteiger partial charge in [0.15, 0.2) is 0 Å². The first-order valence-electron chi connectivity index (χ1n) is 11.4. The number of aromatic nitrogens is 2. The number of amides is 1. The molecule has 0 bridgehead atoms. The van der Waals surface area contributed by atoms with Crippen LogP contribution in [0.3, 0.4) is 0 Å². The molecule has 0 aliphatic carbocycles. The van der Waals surface area contributed by atoms with E-state index in [1.165, 1.54) is 28.7 Å². The third kappa shape index (κ3) is 5.25. The zero-order valence-electron chi connectivity index (χ0n) is 19.9. The molecule has 0 aliphatic heterocycles. The van der Waals surface area contributed by atoms with Crippen molar-refractivity contribution in [2.45, 2.75) is 19.4 Å². The summed E-state index contributed by atoms with van der Waals surface area (Å²) in [6.07, 6.45) is 0.471. The third-order valence-electron chi connectivity index (χ3n) is 5.84. The monoisotopic (exact) mass is 535 g/mol. The first-order valence-corrected chi connectivity index (χ1v) is 13.0. The van der Waals surface area contributed by atoms with Crippen LogP contribution in [0.25, 0.3) is 30.3 Å². The van der Waals surface area contributed by atoms with Crippen LogP contribution in [0, 0.1) is 5.82 Å². The molecule has 0 aliphatic rings. The third-order valence-corrected chi connectivity index (χ3v) is 8.20. The summed E-state index contributed by atoms with van der Waals surface area (Å²) in [5, 5.41) is 16.1. The van der Waals surface area contributed by atoms with E-state index in [4.69, 9.17) is 9.84 Å². The Kier molecular flexibility index (Phi) is 6.77. The zero-order chi connectivity index (χ0) is 26.1. The Morgan fingerprint density at radius 1 is 1.05 bits per heavy atom. The van der Waals surface area contributed by atoms with Gasteiger partial charge in [-0.2, -0.15) is 5.10 Å². The molecule has 188 valence electrons. The maximum Gasteiger partial charge on any atom is 0.413 e. The van der Waals surface area contributed by atoms with Gasteiger partial charge in [-0.1, -0.05) is 42.5 Å². The Balaban J connectivity index is 1.36. The number of carboxylic acids is 1. The highest BCUT2D eigenvalue weighted by atomic mass is 32.1. The molecule has 2 N–H and O–H groups in total. The topological polar surface area (TPSA) is 93.4 Å². The van der Waals surface area contributed by atoms with E-state index in [-0.39, 0.29) is 6.42 Å². The molecule has 5 rings (SSSR count). The summed E-state index contributed by atoms with van der Waals surface area (Å²) in [6, 6.07) is 17.9. The molecule has 0 unspecified atom stereocenters. The van der Waals surface area contributed by atoms with Gasteiger partial charge in [-0.3, -0.25) is 14.8 Å². The van der Waals surface area contributed by atoms with Gasteiger partial charge in [0.2, 0.25) is 0 Å². The highest BCUT2D eigenvalue weighted by Crippen LogP contribution is 2.43. The van der Waals surface area contributed by atoms with Crippen molar-refractivity contribution < 1.29 is 23.8 Å². The molecular formula is C27H22FN3O4S2. The number of aryl methyl sites for hydroxylation is 1. The largest absolute Gasteiger partial charge is 0.481 e. The molecule has 5 aromatic rings. The highest BCUT2D eigenvalue weighted by molar-refractivity contribution is 7.31. The number of hydrogen-bond donors (Lipinski definition) is 2. The Hall–Kier alpha value is -4.02. The number of carboxylic acid groups (broad SMARTS) is 1. The van der Waals surface area contributed by atoms with Crippen molar-refractivity contribution in [3.05, 3.63) is 83.8 Å². The Labute approximate surface area is 219 Å². The summed E-state index contributed by atoms with van der Waals surface area (Å²) in [4.78, 5) is 25.2. The molecule has 10 heteroatoms. The fraction of sp³-hybridized carbons (Fsp3) is 0.148. The van der Waals surface area contributed by atoms with Crippen molar-refractivity contribution in [3.63, 3.8) is 0 Å². The van der Waals surface area contributed by atoms with Gasteiger partial charge in [-0.15, -0.1) is 22.7 Å². The van der Waals surface area contributed by atoms with E-state index in [0.29, 0.717) is 16.9 Å². The number of hydrogen-bond acceptors (Lipinski definition) is 6. The van der Waals surface area contributed by atoms with Crippen molar-refractivity contribution in [1.82, 2.24) is 9.78 Å². The fourth-order valence-electron chi connectivity index (χ4n) is 3.99. The molecule has 0 saturated heterocycles. The SMILES string of the molecule is C[C@@H](OC(=O)Nc1c(-c2cc3sc(-c4ccc(CC(=O)O)cc4F)cc3s2)cnn1C)c1ccccc1. The lowest BCUT2D eigenvalue weighted by Crippen LogP contribution is -2.18. The number of carbonyl (C=O) groups is 2. The second kappa shape index (κ2) is 10.2. The van der Waals surface area contributed by atoms with Gasteiger partial charge < -0.3 is 9.84 Å². The number of fused-ring (bicyclic) bond motifs is 1. The minimum Gasteiger partial charge on any atom is -0.481 e. The predicted molar refractivity (Wildman–Crippen MR) is 144 cm³/mol. The maximum absolute atomic E-state index is 14.7. The molecular weight excluding hydrogens is 513 g/mol. The van der Waals surface area contributed by atoms with Crippen molar-refractivity contribution in [3.8, 4) is 20.9 Å². The molecule has 2 aromatic carbocycles. The second-order valence-electron chi connectivity index (χ2n) is 8.45. The van der Waals surface area contributed by atoms with E-state index in [2.05, 4.69) is 10.4 Å². The Bertz CT molecular complexity index is 1580. The number of nitrogens with one attached hydrogen (secondary N) is 1. The van der Waals surface area contributed by atoms with Crippen molar-refractivity contribution in [2.75, 3.05) is 5.32 Å². The van der Waals surface area contributed by atoms with Crippen LogP contribution in [0.4, 0.5) is 15.0 Å². The molecule has 0 saturated carbocycles. The van der Waals surface area contributed by atoms with E-state index in [9.17, 15) is 14.0 Å². The number of thiophene rings is 2. The lowest BCUT2D eigenvalue weighted by molar-refractivity contribution is -0.136. The van der Waals surface area contributed by atoms with Gasteiger partial charge in [0.25, 0.3) is 0 Å². The molecule has 3 aromatic heterocycles. The first kappa shape index (κ1) is 24.7. The molecule has 1 amide bonds. The van der Waals surface area contributed by atoms with Crippen molar-refractivity contribution in [2.24, 2.45) is 7.05 Å². The number of anilines is 1. The van der Waals surface area contributed by atoms with E-state index >= 15 is 0 Å². The standard InChI is InChI=1S/C27H22FN3O4S2/c1-15(17-6-4-3-5-7-17)35-27(34)30-26-19(14-29-31(26)2)22-13-24-23(37-22)12-21(36-24)18-9-8-16(10-20(18)28)11-25(32)33/h3-10,12-15H,11H2,1-2H3,(H,30,34)(H,32,33)/t15-/m1/s1. The molecule has 37 heavy (non-hydrogen) atoms. The van der Waals surface area contributed by atoms with E-state index < -0.39 is 24.0 Å². The smallest absolute Gasteiger partial charge is 0.413 e. The summed E-state index contributed by atoms with van der Waals surface area (Å²) in [7, 11) is 1.74. The van der Waals surface area contributed by atoms with Gasteiger partial charge in [0, 0.05) is 31.8 Å². The van der Waals surface area contributed by atoms with Crippen LogP contribution in [0.2, 0.25) is 0 Å². The number of carbonyl (C=O) groups excluding carboxylic acids is 1. The second-order valence-corrected chi connectivity index (χ2v) is 10.6. The summed E-state index contributed by atoms with van der Waals surface area (Å²) >= 11 is 2.96. The molecule has 7 nitrogen and oxygen atoms in total. The quantitative estimate of drug-likeness (QED) is 0.232. The van der Waals surface area contributed by atoms with Gasteiger partial charge in [-0.25, -0.2) is 9.18 Å². The fourth-order valence-corrected chi connectivity index (χ4v) is 6.42. The van der Waals surface area contributed by atoms with Crippen LogP contribution < -0.4 is 5.32 Å². The van der Waals surface area contributed by atoms with Gasteiger partial charge in [0.05, 0.1) is 18.2 Å². The number of rotatable bonds is 7. The molecule has 0 radical (unpaired) electrons. The highest BCUT2D eigenvalue weighted by Gasteiger charge is 2.20. The molecule has 0 spiro atoms. The van der Waals surface area contributed by atoms with Crippen LogP contribution in [0.1, 0.15) is 24.2 Å². The van der Waals surface area contributed by atoms with Crippen molar-refractivity contribution >= 4 is 50.0 Å². The van der Waals surface area contributed by atoms with Gasteiger partial charge in [0.1, 0.15) is 17.7 Å². The maximum atomic E-state index is 14.7. The van der Waals surface area contributed by atoms with Crippen LogP contribution in [-0.4, -0.2) is 26.9 Å². The molecule has 1 atom stereocenters. The number of nitrogens with zero attached hydrogens (tertiary/aromatic N) is 2. The molecule has 3 heterocycles. The van der Waals surface area contributed by atoms with Gasteiger partial charge >= 0.3 is 12.1 Å². The number of aliphatic carboxylic acids is 1. The number of ether oxygens (including phenoxy) is 1. The summed E-state index contributed by atoms with van der Waals surface area (Å²) in [5.41, 5.74) is 2.50. The van der Waals surface area contributed by atoms with Gasteiger partial charge in [-0.05, 0) is 36.2 Å². The van der Waals surface area contributed by atoms with Crippen LogP contribution >= 0.6 is 22.7 Å². The van der Waals surface area contributed by atoms with E-state index in [0.717, 1.165) is 30.3 Å². The number of benzene rings is 2. The lowest BCUT2D eigenvalue weighted by atomic mass is 10.1. The van der Waals surface area contributed by atoms with Crippen molar-refractivity contribution in [1.29, 1.82) is 0 Å². The predicted octanol–water partition coefficient (Wildman–Crippen LogP) is 7.11. The Morgan fingerprint density at radius 3 is 2.38 bits per heavy atom. The van der Waals surface area contributed by atoms with Crippen LogP contribution in [0.5, 0.6) is 0 Å². The average molecular weight is 536 g/mol. The van der Waals surface area contributed by atoms with E-state index in [1.54, 1.807) is 30.1 Å². The van der Waals surface area contributed by atoms with E-state index in [1.807, 2.05) is 49.4 Å². The molecule has 0 fully saturated rings. The average Bonchev–Trinajstić information content (AvgIpc) is 3.53. The minimum atomic E-state index is -1.00. The summed E-state index contributed by atoms with van der Waals surface area (Å²) in [5.74, 6) is -0.936. The van der Waals surface area contributed by atoms with Crippen LogP contribution in [0.15, 0.2) is 66.9 Å². The van der Waals surface area contributed by atoms with Crippen LogP contribution in [-0.2, 0) is 23.0 Å². The Morgan fingerprint density at radius 2 is 1.73 bits per heavy atom.